The van der Waals surface area contributed by atoms with Crippen molar-refractivity contribution in [3.05, 3.63) is 57.4 Å². The van der Waals surface area contributed by atoms with Gasteiger partial charge in [0, 0.05) is 24.7 Å². The Morgan fingerprint density at radius 2 is 1.74 bits per heavy atom. The van der Waals surface area contributed by atoms with Crippen LogP contribution in [0, 0.1) is 0 Å². The number of nitrogens with two attached hydrogens (primary N) is 1. The predicted octanol–water partition coefficient (Wildman–Crippen LogP) is 0.929. The van der Waals surface area contributed by atoms with Crippen LogP contribution in [0.5, 0.6) is 0 Å². The quantitative estimate of drug-likeness (QED) is 0.768. The molecule has 0 radical (unpaired) electrons. The smallest absolute Gasteiger partial charge is 0.262 e. The number of carbonyl (C=O) groups excluding carboxylic acids is 3. The maximum absolute atomic E-state index is 12.7. The minimum absolute atomic E-state index is 0.0210. The van der Waals surface area contributed by atoms with Crippen LogP contribution in [0.2, 0.25) is 0 Å². The Hall–Kier alpha value is -3.42. The zero-order valence-corrected chi connectivity index (χ0v) is 14.5. The number of carbonyl (C=O) groups is 3. The van der Waals surface area contributed by atoms with Gasteiger partial charge in [-0.2, -0.15) is 0 Å². The summed E-state index contributed by atoms with van der Waals surface area (Å²) < 4.78 is 1.14. The van der Waals surface area contributed by atoms with Gasteiger partial charge in [0.2, 0.25) is 0 Å². The zero-order chi connectivity index (χ0) is 19.1. The van der Waals surface area contributed by atoms with Crippen molar-refractivity contribution in [3.8, 4) is 5.69 Å². The first-order chi connectivity index (χ1) is 13.0. The van der Waals surface area contributed by atoms with Gasteiger partial charge in [0.25, 0.3) is 23.3 Å². The first-order valence-corrected chi connectivity index (χ1v) is 8.78. The summed E-state index contributed by atoms with van der Waals surface area (Å²) in [6.45, 7) is 1.43. The minimum atomic E-state index is -0.639. The van der Waals surface area contributed by atoms with E-state index in [-0.39, 0.29) is 22.9 Å². The second kappa shape index (κ2) is 6.39. The Kier molecular flexibility index (Phi) is 4.02. The number of imide groups is 1. The second-order valence-electron chi connectivity index (χ2n) is 6.68. The number of aromatic nitrogens is 1. The van der Waals surface area contributed by atoms with Crippen LogP contribution >= 0.6 is 0 Å². The molecule has 0 aliphatic carbocycles. The third kappa shape index (κ3) is 2.79. The molecule has 0 bridgehead atoms. The van der Waals surface area contributed by atoms with Gasteiger partial charge in [0.15, 0.2) is 0 Å². The molecule has 27 heavy (non-hydrogen) atoms. The summed E-state index contributed by atoms with van der Waals surface area (Å²) in [5.41, 5.74) is 6.27. The lowest BCUT2D eigenvalue weighted by molar-refractivity contribution is 0.0723. The number of benzene rings is 1. The molecule has 0 saturated carbocycles. The van der Waals surface area contributed by atoms with Gasteiger partial charge in [-0.3, -0.25) is 29.1 Å². The standard InChI is InChI=1S/C19H18N4O4/c20-16-15-13(17(25)21-18(15)26)10-14(24)23(16)12-6-4-5-11(9-12)19(27)22-7-2-1-3-8-22/h4-6,9-10H,1-3,7-8,20H2,(H,21,25,26). The average Bonchev–Trinajstić information content (AvgIpc) is 2.95. The maximum atomic E-state index is 12.7. The third-order valence-electron chi connectivity index (χ3n) is 4.95. The van der Waals surface area contributed by atoms with E-state index in [0.29, 0.717) is 24.3 Å². The van der Waals surface area contributed by atoms with Gasteiger partial charge in [-0.05, 0) is 37.5 Å². The Morgan fingerprint density at radius 3 is 2.48 bits per heavy atom. The SMILES string of the molecule is Nc1c2c(cc(=O)n1-c1cccc(C(=O)N3CCCCC3)c1)C(=O)NC2=O. The number of amides is 3. The normalized spacial score (nSPS) is 16.2. The molecule has 4 rings (SSSR count). The van der Waals surface area contributed by atoms with E-state index in [1.54, 1.807) is 29.2 Å². The van der Waals surface area contributed by atoms with Crippen molar-refractivity contribution >= 4 is 23.5 Å². The molecule has 1 saturated heterocycles. The number of hydrogen-bond donors (Lipinski definition) is 2. The van der Waals surface area contributed by atoms with Crippen molar-refractivity contribution in [2.45, 2.75) is 19.3 Å². The Balaban J connectivity index is 1.78. The number of anilines is 1. The highest BCUT2D eigenvalue weighted by Crippen LogP contribution is 2.23. The van der Waals surface area contributed by atoms with Crippen LogP contribution in [-0.4, -0.2) is 40.3 Å². The van der Waals surface area contributed by atoms with E-state index in [1.807, 2.05) is 0 Å². The summed E-state index contributed by atoms with van der Waals surface area (Å²) in [5.74, 6) is -1.50. The molecule has 1 fully saturated rings. The highest BCUT2D eigenvalue weighted by atomic mass is 16.2. The van der Waals surface area contributed by atoms with Gasteiger partial charge in [0.1, 0.15) is 5.82 Å². The van der Waals surface area contributed by atoms with Crippen LogP contribution in [0.15, 0.2) is 35.1 Å². The Labute approximate surface area is 154 Å². The lowest BCUT2D eigenvalue weighted by atomic mass is 10.1. The molecular weight excluding hydrogens is 348 g/mol. The lowest BCUT2D eigenvalue weighted by Gasteiger charge is -2.27. The van der Waals surface area contributed by atoms with E-state index in [9.17, 15) is 19.2 Å². The van der Waals surface area contributed by atoms with E-state index >= 15 is 0 Å². The van der Waals surface area contributed by atoms with E-state index in [2.05, 4.69) is 5.32 Å². The highest BCUT2D eigenvalue weighted by Gasteiger charge is 2.32. The number of nitrogens with zero attached hydrogens (tertiary/aromatic N) is 2. The number of rotatable bonds is 2. The molecule has 8 nitrogen and oxygen atoms in total. The van der Waals surface area contributed by atoms with E-state index in [0.717, 1.165) is 29.9 Å². The van der Waals surface area contributed by atoms with Crippen molar-refractivity contribution < 1.29 is 14.4 Å². The molecule has 0 atom stereocenters. The molecule has 138 valence electrons. The molecule has 1 aromatic carbocycles. The number of nitrogen functional groups attached to an aromatic ring is 1. The van der Waals surface area contributed by atoms with Gasteiger partial charge in [-0.1, -0.05) is 6.07 Å². The highest BCUT2D eigenvalue weighted by molar-refractivity contribution is 6.23. The summed E-state index contributed by atoms with van der Waals surface area (Å²) in [6.07, 6.45) is 3.07. The van der Waals surface area contributed by atoms with Gasteiger partial charge in [-0.25, -0.2) is 0 Å². The second-order valence-corrected chi connectivity index (χ2v) is 6.68. The molecule has 8 heteroatoms. The molecule has 0 unspecified atom stereocenters. The van der Waals surface area contributed by atoms with Crippen LogP contribution in [0.3, 0.4) is 0 Å². The van der Waals surface area contributed by atoms with Crippen LogP contribution in [0.1, 0.15) is 50.3 Å². The number of likely N-dealkylation sites (tertiary alicyclic amines) is 1. The fourth-order valence-corrected chi connectivity index (χ4v) is 3.60. The first kappa shape index (κ1) is 17.0. The van der Waals surface area contributed by atoms with E-state index < -0.39 is 17.4 Å². The molecule has 2 aliphatic heterocycles. The molecule has 3 heterocycles. The molecule has 1 aromatic heterocycles. The third-order valence-corrected chi connectivity index (χ3v) is 4.95. The van der Waals surface area contributed by atoms with E-state index in [1.165, 1.54) is 0 Å². The maximum Gasteiger partial charge on any atom is 0.262 e. The molecule has 3 N–H and O–H groups in total. The van der Waals surface area contributed by atoms with Crippen molar-refractivity contribution in [2.24, 2.45) is 0 Å². The molecule has 2 aromatic rings. The summed E-state index contributed by atoms with van der Waals surface area (Å²) in [6, 6.07) is 7.65. The van der Waals surface area contributed by atoms with Crippen LogP contribution in [-0.2, 0) is 0 Å². The molecule has 2 aliphatic rings. The summed E-state index contributed by atoms with van der Waals surface area (Å²) in [5, 5.41) is 2.13. The van der Waals surface area contributed by atoms with Crippen molar-refractivity contribution in [3.63, 3.8) is 0 Å². The number of fused-ring (bicyclic) bond motifs is 1. The monoisotopic (exact) mass is 366 g/mol. The van der Waals surface area contributed by atoms with Crippen molar-refractivity contribution in [1.82, 2.24) is 14.8 Å². The largest absolute Gasteiger partial charge is 0.384 e. The molecule has 3 amide bonds. The fraction of sp³-hybridized carbons (Fsp3) is 0.263. The Bertz CT molecular complexity index is 1030. The molecular formula is C19H18N4O4. The number of piperidine rings is 1. The van der Waals surface area contributed by atoms with Crippen molar-refractivity contribution in [2.75, 3.05) is 18.8 Å². The summed E-state index contributed by atoms with van der Waals surface area (Å²) in [4.78, 5) is 50.8. The van der Waals surface area contributed by atoms with E-state index in [4.69, 9.17) is 5.73 Å². The number of pyridine rings is 1. The van der Waals surface area contributed by atoms with Gasteiger partial charge < -0.3 is 10.6 Å². The molecule has 0 spiro atoms. The van der Waals surface area contributed by atoms with Crippen LogP contribution < -0.4 is 16.6 Å². The van der Waals surface area contributed by atoms with Crippen molar-refractivity contribution in [1.29, 1.82) is 0 Å². The number of nitrogens with one attached hydrogen (secondary N) is 1. The average molecular weight is 366 g/mol. The van der Waals surface area contributed by atoms with Crippen LogP contribution in [0.4, 0.5) is 5.82 Å². The predicted molar refractivity (Wildman–Crippen MR) is 98.0 cm³/mol. The zero-order valence-electron chi connectivity index (χ0n) is 14.5. The van der Waals surface area contributed by atoms with Gasteiger partial charge in [-0.15, -0.1) is 0 Å². The lowest BCUT2D eigenvalue weighted by Crippen LogP contribution is -2.35. The Morgan fingerprint density at radius 1 is 1.00 bits per heavy atom. The fourth-order valence-electron chi connectivity index (χ4n) is 3.60. The number of hydrogen-bond acceptors (Lipinski definition) is 5. The first-order valence-electron chi connectivity index (χ1n) is 8.78. The minimum Gasteiger partial charge on any atom is -0.384 e. The van der Waals surface area contributed by atoms with Gasteiger partial charge >= 0.3 is 0 Å². The summed E-state index contributed by atoms with van der Waals surface area (Å²) in [7, 11) is 0. The topological polar surface area (TPSA) is 114 Å². The van der Waals surface area contributed by atoms with Gasteiger partial charge in [0.05, 0.1) is 16.8 Å². The van der Waals surface area contributed by atoms with Crippen LogP contribution in [0.25, 0.3) is 5.69 Å². The summed E-state index contributed by atoms with van der Waals surface area (Å²) >= 11 is 0.